The molecule has 2 aliphatic carbocycles. The van der Waals surface area contributed by atoms with Crippen molar-refractivity contribution in [1.29, 1.82) is 0 Å². The molecule has 9 heavy (non-hydrogen) atoms. The van der Waals surface area contributed by atoms with Crippen molar-refractivity contribution in [2.45, 2.75) is 24.5 Å². The normalized spacial score (nSPS) is 40.7. The van der Waals surface area contributed by atoms with Crippen molar-refractivity contribution in [3.63, 3.8) is 0 Å². The zero-order valence-corrected chi connectivity index (χ0v) is 6.96. The van der Waals surface area contributed by atoms with Crippen molar-refractivity contribution in [2.75, 3.05) is 0 Å². The van der Waals surface area contributed by atoms with E-state index in [1.807, 2.05) is 0 Å². The SMILES string of the molecule is SC1=C2CCC(C2)C1S. The second-order valence-corrected chi connectivity index (χ2v) is 3.97. The molecule has 0 spiro atoms. The van der Waals surface area contributed by atoms with Crippen LogP contribution in [-0.4, -0.2) is 5.25 Å². The second-order valence-electron chi connectivity index (χ2n) is 2.94. The number of rotatable bonds is 0. The highest BCUT2D eigenvalue weighted by atomic mass is 32.1. The minimum absolute atomic E-state index is 0.483. The average Bonchev–Trinajstić information content (AvgIpc) is 2.37. The van der Waals surface area contributed by atoms with Crippen molar-refractivity contribution in [2.24, 2.45) is 5.92 Å². The molecule has 0 amide bonds. The number of allylic oxidation sites excluding steroid dienone is 1. The fourth-order valence-electron chi connectivity index (χ4n) is 1.81. The van der Waals surface area contributed by atoms with E-state index in [2.05, 4.69) is 25.3 Å². The third-order valence-corrected chi connectivity index (χ3v) is 3.89. The van der Waals surface area contributed by atoms with Gasteiger partial charge in [0.15, 0.2) is 0 Å². The lowest BCUT2D eigenvalue weighted by molar-refractivity contribution is 0.587. The molecule has 2 unspecified atom stereocenters. The summed E-state index contributed by atoms with van der Waals surface area (Å²) < 4.78 is 0. The maximum Gasteiger partial charge on any atom is 0.0355 e. The lowest BCUT2D eigenvalue weighted by atomic mass is 10.1. The van der Waals surface area contributed by atoms with Crippen LogP contribution in [0.25, 0.3) is 0 Å². The van der Waals surface area contributed by atoms with E-state index in [1.54, 1.807) is 5.57 Å². The first-order valence-electron chi connectivity index (χ1n) is 3.38. The Morgan fingerprint density at radius 1 is 1.44 bits per heavy atom. The first-order chi connectivity index (χ1) is 4.29. The first-order valence-corrected chi connectivity index (χ1v) is 4.34. The maximum atomic E-state index is 4.46. The van der Waals surface area contributed by atoms with Crippen LogP contribution in [0.3, 0.4) is 0 Å². The van der Waals surface area contributed by atoms with Gasteiger partial charge in [0, 0.05) is 5.25 Å². The molecular weight excluding hydrogens is 148 g/mol. The molecule has 2 heteroatoms. The van der Waals surface area contributed by atoms with E-state index >= 15 is 0 Å². The molecular formula is C7H10S2. The molecule has 2 aliphatic rings. The quantitative estimate of drug-likeness (QED) is 0.496. The van der Waals surface area contributed by atoms with Gasteiger partial charge < -0.3 is 0 Å². The molecule has 2 rings (SSSR count). The number of hydrogen-bond acceptors (Lipinski definition) is 2. The molecule has 0 aromatic carbocycles. The van der Waals surface area contributed by atoms with E-state index in [0.29, 0.717) is 5.25 Å². The minimum Gasteiger partial charge on any atom is -0.170 e. The zero-order valence-electron chi connectivity index (χ0n) is 5.17. The largest absolute Gasteiger partial charge is 0.170 e. The van der Waals surface area contributed by atoms with Crippen molar-refractivity contribution in [3.8, 4) is 0 Å². The van der Waals surface area contributed by atoms with Gasteiger partial charge in [-0.05, 0) is 30.1 Å². The predicted octanol–water partition coefficient (Wildman–Crippen LogP) is 2.28. The van der Waals surface area contributed by atoms with E-state index in [9.17, 15) is 0 Å². The first kappa shape index (κ1) is 6.17. The molecule has 0 heterocycles. The number of hydrogen-bond donors (Lipinski definition) is 2. The monoisotopic (exact) mass is 158 g/mol. The minimum atomic E-state index is 0.483. The van der Waals surface area contributed by atoms with E-state index in [1.165, 1.54) is 24.2 Å². The highest BCUT2D eigenvalue weighted by Crippen LogP contribution is 2.47. The molecule has 0 aromatic heterocycles. The van der Waals surface area contributed by atoms with Crippen LogP contribution in [0.4, 0.5) is 0 Å². The Balaban J connectivity index is 2.36. The summed E-state index contributed by atoms with van der Waals surface area (Å²) in [5.74, 6) is 0.829. The lowest BCUT2D eigenvalue weighted by Crippen LogP contribution is -2.08. The fourth-order valence-corrected chi connectivity index (χ4v) is 2.67. The summed E-state index contributed by atoms with van der Waals surface area (Å²) >= 11 is 8.85. The van der Waals surface area contributed by atoms with E-state index in [0.717, 1.165) is 5.92 Å². The van der Waals surface area contributed by atoms with Crippen LogP contribution in [0.15, 0.2) is 10.5 Å². The predicted molar refractivity (Wildman–Crippen MR) is 46.1 cm³/mol. The molecule has 1 saturated carbocycles. The Morgan fingerprint density at radius 2 is 2.22 bits per heavy atom. The second kappa shape index (κ2) is 1.96. The van der Waals surface area contributed by atoms with Crippen LogP contribution in [0.2, 0.25) is 0 Å². The lowest BCUT2D eigenvalue weighted by Gasteiger charge is -2.14. The van der Waals surface area contributed by atoms with E-state index < -0.39 is 0 Å². The molecule has 0 aromatic rings. The highest BCUT2D eigenvalue weighted by Gasteiger charge is 2.35. The van der Waals surface area contributed by atoms with Gasteiger partial charge in [0.05, 0.1) is 0 Å². The Bertz CT molecular complexity index is 172. The van der Waals surface area contributed by atoms with Gasteiger partial charge in [0.2, 0.25) is 0 Å². The average molecular weight is 158 g/mol. The summed E-state index contributed by atoms with van der Waals surface area (Å²) in [6.07, 6.45) is 3.93. The number of fused-ring (bicyclic) bond motifs is 2. The summed E-state index contributed by atoms with van der Waals surface area (Å²) in [6, 6.07) is 0. The van der Waals surface area contributed by atoms with Gasteiger partial charge >= 0.3 is 0 Å². The maximum absolute atomic E-state index is 4.46. The van der Waals surface area contributed by atoms with Crippen LogP contribution in [0, 0.1) is 5.92 Å². The Kier molecular flexibility index (Phi) is 1.34. The molecule has 0 radical (unpaired) electrons. The molecule has 2 bridgehead atoms. The molecule has 0 aliphatic heterocycles. The van der Waals surface area contributed by atoms with Gasteiger partial charge in [-0.3, -0.25) is 0 Å². The summed E-state index contributed by atoms with van der Waals surface area (Å²) in [6.45, 7) is 0. The van der Waals surface area contributed by atoms with E-state index in [4.69, 9.17) is 0 Å². The Labute approximate surface area is 66.5 Å². The molecule has 0 N–H and O–H groups in total. The topological polar surface area (TPSA) is 0 Å². The van der Waals surface area contributed by atoms with Gasteiger partial charge in [0.25, 0.3) is 0 Å². The highest BCUT2D eigenvalue weighted by molar-refractivity contribution is 7.88. The van der Waals surface area contributed by atoms with Crippen LogP contribution < -0.4 is 0 Å². The third-order valence-electron chi connectivity index (χ3n) is 2.41. The van der Waals surface area contributed by atoms with Crippen molar-refractivity contribution >= 4 is 25.3 Å². The smallest absolute Gasteiger partial charge is 0.0355 e. The standard InChI is InChI=1S/C7H10S2/c8-6-4-1-2-5(3-4)7(6)9/h4,6,8-9H,1-3H2. The summed E-state index contributed by atoms with van der Waals surface area (Å²) in [5, 5.41) is 0.483. The molecule has 0 saturated heterocycles. The van der Waals surface area contributed by atoms with Gasteiger partial charge in [-0.25, -0.2) is 0 Å². The van der Waals surface area contributed by atoms with E-state index in [-0.39, 0.29) is 0 Å². The van der Waals surface area contributed by atoms with Gasteiger partial charge in [-0.1, -0.05) is 5.57 Å². The Morgan fingerprint density at radius 3 is 2.56 bits per heavy atom. The van der Waals surface area contributed by atoms with Crippen LogP contribution in [0.1, 0.15) is 19.3 Å². The summed E-state index contributed by atoms with van der Waals surface area (Å²) in [4.78, 5) is 1.27. The molecule has 1 fully saturated rings. The van der Waals surface area contributed by atoms with Crippen LogP contribution in [-0.2, 0) is 0 Å². The van der Waals surface area contributed by atoms with Crippen LogP contribution in [0.5, 0.6) is 0 Å². The summed E-state index contributed by atoms with van der Waals surface area (Å²) in [7, 11) is 0. The number of thiol groups is 2. The fraction of sp³-hybridized carbons (Fsp3) is 0.714. The third kappa shape index (κ3) is 0.761. The molecule has 0 nitrogen and oxygen atoms in total. The zero-order chi connectivity index (χ0) is 6.43. The van der Waals surface area contributed by atoms with Crippen molar-refractivity contribution < 1.29 is 0 Å². The van der Waals surface area contributed by atoms with Gasteiger partial charge in [0.1, 0.15) is 0 Å². The summed E-state index contributed by atoms with van der Waals surface area (Å²) in [5.41, 5.74) is 1.57. The molecule has 50 valence electrons. The van der Waals surface area contributed by atoms with Crippen LogP contribution >= 0.6 is 25.3 Å². The molecule has 2 atom stereocenters. The van der Waals surface area contributed by atoms with Crippen molar-refractivity contribution in [1.82, 2.24) is 0 Å². The van der Waals surface area contributed by atoms with Crippen molar-refractivity contribution in [3.05, 3.63) is 10.5 Å². The Hall–Kier alpha value is 0.440. The van der Waals surface area contributed by atoms with Gasteiger partial charge in [-0.15, -0.1) is 12.6 Å². The van der Waals surface area contributed by atoms with Gasteiger partial charge in [-0.2, -0.15) is 12.6 Å².